The number of thiophene rings is 1. The van der Waals surface area contributed by atoms with Crippen LogP contribution in [-0.4, -0.2) is 19.5 Å². The van der Waals surface area contributed by atoms with E-state index in [4.69, 9.17) is 15.0 Å². The van der Waals surface area contributed by atoms with E-state index in [1.54, 1.807) is 0 Å². The fraction of sp³-hybridized carbons (Fsp3) is 0. The number of aromatic nitrogens is 4. The molecule has 4 nitrogen and oxygen atoms in total. The summed E-state index contributed by atoms with van der Waals surface area (Å²) in [5.74, 6) is 1.90. The molecule has 0 unspecified atom stereocenters. The number of rotatable bonds is 5. The zero-order valence-corrected chi connectivity index (χ0v) is 34.1. The van der Waals surface area contributed by atoms with Gasteiger partial charge >= 0.3 is 0 Å². The van der Waals surface area contributed by atoms with Gasteiger partial charge < -0.3 is 4.57 Å². The summed E-state index contributed by atoms with van der Waals surface area (Å²) < 4.78 is 5.05. The Kier molecular flexibility index (Phi) is 7.74. The van der Waals surface area contributed by atoms with Gasteiger partial charge in [0.1, 0.15) is 0 Å². The molecule has 0 atom stereocenters. The molecule has 13 rings (SSSR count). The summed E-state index contributed by atoms with van der Waals surface area (Å²) >= 11 is 1.86. The predicted octanol–water partition coefficient (Wildman–Crippen LogP) is 15.5. The van der Waals surface area contributed by atoms with Crippen LogP contribution in [-0.2, 0) is 0 Å². The Hall–Kier alpha value is -7.99. The lowest BCUT2D eigenvalue weighted by Gasteiger charge is -2.18. The number of hydrogen-bond acceptors (Lipinski definition) is 4. The van der Waals surface area contributed by atoms with E-state index >= 15 is 0 Å². The van der Waals surface area contributed by atoms with Gasteiger partial charge in [-0.25, -0.2) is 15.0 Å². The highest BCUT2D eigenvalue weighted by molar-refractivity contribution is 7.25. The molecule has 0 bridgehead atoms. The van der Waals surface area contributed by atoms with Crippen LogP contribution in [0.3, 0.4) is 0 Å². The van der Waals surface area contributed by atoms with Gasteiger partial charge in [0.15, 0.2) is 17.5 Å². The quantitative estimate of drug-likeness (QED) is 0.163. The van der Waals surface area contributed by atoms with Crippen molar-refractivity contribution in [1.29, 1.82) is 0 Å². The highest BCUT2D eigenvalue weighted by atomic mass is 32.1. The standard InChI is InChI=1S/C57H34N4S/c1-3-15-35(16-4-1)55-58-56(36-17-5-2-6-18-36)60-57(59-55)49-34-39(33-48-42-21-8-7-19-40(42)41-20-9-10-24-45(41)54(48)49)61-50-25-13-11-22-43(50)46-31-37(27-29-51(46)61)38-28-30-53-47(32-38)44-23-12-14-26-52(44)62-53/h1-34H. The van der Waals surface area contributed by atoms with Gasteiger partial charge in [-0.05, 0) is 86.6 Å². The fourth-order valence-corrected chi connectivity index (χ4v) is 10.7. The molecule has 13 aromatic rings. The van der Waals surface area contributed by atoms with Crippen LogP contribution in [0.2, 0.25) is 0 Å². The van der Waals surface area contributed by atoms with Crippen molar-refractivity contribution in [3.05, 3.63) is 206 Å². The summed E-state index contributed by atoms with van der Waals surface area (Å²) in [5.41, 5.74) is 8.56. The number of fused-ring (bicyclic) bond motifs is 12. The van der Waals surface area contributed by atoms with Crippen LogP contribution in [0.1, 0.15) is 0 Å². The minimum absolute atomic E-state index is 0.629. The summed E-state index contributed by atoms with van der Waals surface area (Å²) in [6.45, 7) is 0. The first-order chi connectivity index (χ1) is 30.7. The summed E-state index contributed by atoms with van der Waals surface area (Å²) in [5, 5.41) is 12.0. The molecular formula is C57H34N4S. The minimum Gasteiger partial charge on any atom is -0.309 e. The largest absolute Gasteiger partial charge is 0.309 e. The number of para-hydroxylation sites is 1. The third-order valence-corrected chi connectivity index (χ3v) is 13.6. The Labute approximate surface area is 360 Å². The van der Waals surface area contributed by atoms with Crippen LogP contribution in [0, 0.1) is 0 Å². The fourth-order valence-electron chi connectivity index (χ4n) is 9.59. The lowest BCUT2D eigenvalue weighted by molar-refractivity contribution is 1.07. The maximum atomic E-state index is 5.33. The molecule has 0 aliphatic carbocycles. The highest BCUT2D eigenvalue weighted by Crippen LogP contribution is 2.44. The van der Waals surface area contributed by atoms with Gasteiger partial charge in [-0.3, -0.25) is 0 Å². The first-order valence-electron chi connectivity index (χ1n) is 20.9. The van der Waals surface area contributed by atoms with E-state index in [1.165, 1.54) is 58.2 Å². The molecule has 5 heteroatoms. The number of nitrogens with zero attached hydrogens (tertiary/aromatic N) is 4. The van der Waals surface area contributed by atoms with E-state index in [1.807, 2.05) is 47.7 Å². The number of hydrogen-bond donors (Lipinski definition) is 0. The van der Waals surface area contributed by atoms with Crippen molar-refractivity contribution in [2.24, 2.45) is 0 Å². The maximum absolute atomic E-state index is 5.33. The van der Waals surface area contributed by atoms with Gasteiger partial charge in [-0.2, -0.15) is 0 Å². The average Bonchev–Trinajstić information content (AvgIpc) is 3.89. The summed E-state index contributed by atoms with van der Waals surface area (Å²) in [6.07, 6.45) is 0. The molecule has 10 aromatic carbocycles. The lowest BCUT2D eigenvalue weighted by atomic mass is 9.91. The SMILES string of the molecule is c1ccc(-c2nc(-c3ccccc3)nc(-c3cc(-n4c5ccccc5c5cc(-c6ccc7sc8ccccc8c7c6)ccc54)cc4c5ccccc5c5ccccc5c34)n2)cc1. The van der Waals surface area contributed by atoms with E-state index in [0.29, 0.717) is 17.5 Å². The monoisotopic (exact) mass is 806 g/mol. The Morgan fingerprint density at radius 2 is 0.806 bits per heavy atom. The molecular weight excluding hydrogens is 773 g/mol. The molecule has 0 saturated carbocycles. The summed E-state index contributed by atoms with van der Waals surface area (Å²) in [4.78, 5) is 15.7. The zero-order valence-electron chi connectivity index (χ0n) is 33.3. The van der Waals surface area contributed by atoms with Crippen molar-refractivity contribution in [2.75, 3.05) is 0 Å². The van der Waals surface area contributed by atoms with Crippen LogP contribution in [0.25, 0.3) is 125 Å². The molecule has 62 heavy (non-hydrogen) atoms. The van der Waals surface area contributed by atoms with Gasteiger partial charge in [0.2, 0.25) is 0 Å². The second-order valence-electron chi connectivity index (χ2n) is 15.9. The van der Waals surface area contributed by atoms with Gasteiger partial charge in [0, 0.05) is 58.7 Å². The molecule has 0 fully saturated rings. The van der Waals surface area contributed by atoms with Crippen LogP contribution >= 0.6 is 11.3 Å². The first kappa shape index (κ1) is 34.8. The Morgan fingerprint density at radius 3 is 1.52 bits per heavy atom. The van der Waals surface area contributed by atoms with Crippen molar-refractivity contribution < 1.29 is 0 Å². The third-order valence-electron chi connectivity index (χ3n) is 12.4. The molecule has 3 heterocycles. The van der Waals surface area contributed by atoms with Gasteiger partial charge in [-0.1, -0.05) is 158 Å². The smallest absolute Gasteiger partial charge is 0.164 e. The van der Waals surface area contributed by atoms with E-state index in [9.17, 15) is 0 Å². The molecule has 0 aliphatic rings. The minimum atomic E-state index is 0.629. The zero-order chi connectivity index (χ0) is 40.7. The van der Waals surface area contributed by atoms with Crippen molar-refractivity contribution >= 4 is 85.6 Å². The molecule has 0 saturated heterocycles. The summed E-state index contributed by atoms with van der Waals surface area (Å²) in [6, 6.07) is 74.0. The van der Waals surface area contributed by atoms with Gasteiger partial charge in [0.05, 0.1) is 11.0 Å². The van der Waals surface area contributed by atoms with Crippen molar-refractivity contribution in [1.82, 2.24) is 19.5 Å². The van der Waals surface area contributed by atoms with Gasteiger partial charge in [0.25, 0.3) is 0 Å². The molecule has 0 aliphatic heterocycles. The topological polar surface area (TPSA) is 43.6 Å². The van der Waals surface area contributed by atoms with E-state index < -0.39 is 0 Å². The second-order valence-corrected chi connectivity index (χ2v) is 17.0. The second kappa shape index (κ2) is 13.8. The Bertz CT molecular complexity index is 3870. The predicted molar refractivity (Wildman–Crippen MR) is 261 cm³/mol. The van der Waals surface area contributed by atoms with Gasteiger partial charge in [-0.15, -0.1) is 11.3 Å². The van der Waals surface area contributed by atoms with Crippen molar-refractivity contribution in [2.45, 2.75) is 0 Å². The normalized spacial score (nSPS) is 11.9. The Balaban J connectivity index is 1.11. The van der Waals surface area contributed by atoms with Crippen LogP contribution in [0.15, 0.2) is 206 Å². The summed E-state index contributed by atoms with van der Waals surface area (Å²) in [7, 11) is 0. The van der Waals surface area contributed by atoms with Crippen LogP contribution in [0.4, 0.5) is 0 Å². The lowest BCUT2D eigenvalue weighted by Crippen LogP contribution is -2.02. The molecule has 0 amide bonds. The molecule has 0 N–H and O–H groups in total. The molecule has 0 spiro atoms. The third kappa shape index (κ3) is 5.42. The molecule has 0 radical (unpaired) electrons. The van der Waals surface area contributed by atoms with E-state index in [2.05, 4.69) is 174 Å². The van der Waals surface area contributed by atoms with Crippen LogP contribution < -0.4 is 0 Å². The first-order valence-corrected chi connectivity index (χ1v) is 21.7. The Morgan fingerprint density at radius 1 is 0.306 bits per heavy atom. The van der Waals surface area contributed by atoms with E-state index in [0.717, 1.165) is 49.6 Å². The van der Waals surface area contributed by atoms with Crippen molar-refractivity contribution in [3.8, 4) is 51.0 Å². The molecule has 288 valence electrons. The number of benzene rings is 10. The average molecular weight is 807 g/mol. The molecule has 3 aromatic heterocycles. The maximum Gasteiger partial charge on any atom is 0.164 e. The highest BCUT2D eigenvalue weighted by Gasteiger charge is 2.22. The van der Waals surface area contributed by atoms with E-state index in [-0.39, 0.29) is 0 Å². The van der Waals surface area contributed by atoms with Crippen LogP contribution in [0.5, 0.6) is 0 Å². The van der Waals surface area contributed by atoms with Crippen molar-refractivity contribution in [3.63, 3.8) is 0 Å².